The number of hydrogen-bond acceptors (Lipinski definition) is 14. The van der Waals surface area contributed by atoms with Crippen LogP contribution in [0.5, 0.6) is 0 Å². The molecule has 0 saturated carbocycles. The molecule has 1 fully saturated rings. The molecule has 1 aliphatic heterocycles. The molecule has 18 heteroatoms. The van der Waals surface area contributed by atoms with Crippen molar-refractivity contribution in [3.63, 3.8) is 0 Å². The van der Waals surface area contributed by atoms with Gasteiger partial charge in [0.2, 0.25) is 12.2 Å². The summed E-state index contributed by atoms with van der Waals surface area (Å²) in [5.74, 6) is -3.72. The van der Waals surface area contributed by atoms with E-state index in [0.717, 1.165) is 27.7 Å². The average Bonchev–Trinajstić information content (AvgIpc) is 2.81. The van der Waals surface area contributed by atoms with E-state index in [1.54, 1.807) is 6.92 Å². The molecule has 0 aliphatic carbocycles. The van der Waals surface area contributed by atoms with Crippen molar-refractivity contribution in [2.45, 2.75) is 84.2 Å². The fourth-order valence-corrected chi connectivity index (χ4v) is 3.31. The van der Waals surface area contributed by atoms with Crippen molar-refractivity contribution in [3.05, 3.63) is 0 Å². The highest BCUT2D eigenvalue weighted by Gasteiger charge is 2.53. The first-order valence-electron chi connectivity index (χ1n) is 11.8. The van der Waals surface area contributed by atoms with Crippen molar-refractivity contribution in [3.8, 4) is 0 Å². The van der Waals surface area contributed by atoms with Crippen LogP contribution in [0.25, 0.3) is 0 Å². The molecular weight excluding hydrogens is 583 g/mol. The van der Waals surface area contributed by atoms with Gasteiger partial charge in [0.05, 0.1) is 6.61 Å². The van der Waals surface area contributed by atoms with E-state index in [2.05, 4.69) is 10.5 Å². The number of hydroxylamine groups is 1. The summed E-state index contributed by atoms with van der Waals surface area (Å²) in [6, 6.07) is -0.798. The van der Waals surface area contributed by atoms with Crippen LogP contribution in [0.1, 0.15) is 47.5 Å². The molecule has 0 aromatic heterocycles. The first kappa shape index (κ1) is 39.2. The lowest BCUT2D eigenvalue weighted by atomic mass is 9.98. The largest absolute Gasteiger partial charge is 0.465 e. The summed E-state index contributed by atoms with van der Waals surface area (Å²) in [5, 5.41) is 0. The first-order valence-corrected chi connectivity index (χ1v) is 11.8. The van der Waals surface area contributed by atoms with Gasteiger partial charge in [0.1, 0.15) is 18.8 Å². The van der Waals surface area contributed by atoms with Crippen molar-refractivity contribution in [2.24, 2.45) is 16.5 Å². The number of nitrogens with two attached hydrogens (primary N) is 2. The zero-order valence-electron chi connectivity index (χ0n) is 22.8. The Morgan fingerprint density at radius 2 is 1.43 bits per heavy atom. The van der Waals surface area contributed by atoms with Crippen molar-refractivity contribution < 1.29 is 57.2 Å². The molecule has 16 nitrogen and oxygen atoms in total. The van der Waals surface area contributed by atoms with Gasteiger partial charge in [-0.3, -0.25) is 29.0 Å². The molecule has 40 heavy (non-hydrogen) atoms. The van der Waals surface area contributed by atoms with Crippen molar-refractivity contribution in [1.82, 2.24) is 5.48 Å². The number of carbonyl (C=O) groups is 5. The first-order chi connectivity index (χ1) is 17.8. The molecule has 0 bridgehead atoms. The van der Waals surface area contributed by atoms with E-state index in [1.807, 2.05) is 0 Å². The van der Waals surface area contributed by atoms with E-state index >= 15 is 0 Å². The quantitative estimate of drug-likeness (QED) is 0.0584. The maximum atomic E-state index is 11.8. The number of guanidine groups is 1. The van der Waals surface area contributed by atoms with E-state index in [1.165, 1.54) is 0 Å². The van der Waals surface area contributed by atoms with E-state index in [-0.39, 0.29) is 43.9 Å². The van der Waals surface area contributed by atoms with E-state index in [4.69, 9.17) is 44.7 Å². The molecule has 0 aromatic carbocycles. The predicted octanol–water partition coefficient (Wildman–Crippen LogP) is -0.580. The summed E-state index contributed by atoms with van der Waals surface area (Å²) in [5.41, 5.74) is 13.9. The van der Waals surface area contributed by atoms with Gasteiger partial charge < -0.3 is 39.9 Å². The predicted molar refractivity (Wildman–Crippen MR) is 141 cm³/mol. The molecule has 232 valence electrons. The normalized spacial score (nSPS) is 22.8. The van der Waals surface area contributed by atoms with Crippen LogP contribution in [-0.2, 0) is 57.2 Å². The standard InChI is InChI=1S/C22H36N4O12.2ClH/c1-6-32-20(31)15(23)8-7-9-25-22(24)26-38-21-19(36-14(5)30)18(35-13(4)29)17(34-12(3)28)16(37-21)10-33-11(2)27;;/h15-19,21H,6-10,23H2,1-5H3,(H3,24,25,26);2*1H/t15-,16+,17-,18-,19+,21-;;/m0../s1. The van der Waals surface area contributed by atoms with Gasteiger partial charge in [-0.1, -0.05) is 0 Å². The van der Waals surface area contributed by atoms with Crippen molar-refractivity contribution in [1.29, 1.82) is 0 Å². The molecular formula is C22H38Cl2N4O12. The van der Waals surface area contributed by atoms with Crippen molar-refractivity contribution >= 4 is 60.6 Å². The molecule has 5 N–H and O–H groups in total. The Bertz CT molecular complexity index is 879. The lowest BCUT2D eigenvalue weighted by Gasteiger charge is -2.43. The van der Waals surface area contributed by atoms with Crippen LogP contribution in [0.3, 0.4) is 0 Å². The number of hydrogen-bond donors (Lipinski definition) is 3. The lowest BCUT2D eigenvalue weighted by molar-refractivity contribution is -0.316. The summed E-state index contributed by atoms with van der Waals surface area (Å²) in [4.78, 5) is 67.8. The van der Waals surface area contributed by atoms with Crippen LogP contribution in [0, 0.1) is 0 Å². The number of ether oxygens (including phenoxy) is 6. The monoisotopic (exact) mass is 620 g/mol. The molecule has 0 radical (unpaired) electrons. The van der Waals surface area contributed by atoms with Gasteiger partial charge in [-0.25, -0.2) is 10.3 Å². The van der Waals surface area contributed by atoms with E-state index in [9.17, 15) is 24.0 Å². The van der Waals surface area contributed by atoms with Gasteiger partial charge in [-0.05, 0) is 19.8 Å². The SMILES string of the molecule is CCOC(=O)[C@@H](N)CCCN=C(N)NO[C@@H]1O[C@H](COC(C)=O)[C@H](OC(C)=O)[C@H](OC(C)=O)[C@H]1OC(C)=O.Cl.Cl. The fraction of sp³-hybridized carbons (Fsp3) is 0.727. The number of rotatable bonds is 13. The summed E-state index contributed by atoms with van der Waals surface area (Å²) < 4.78 is 31.4. The van der Waals surface area contributed by atoms with Crippen molar-refractivity contribution in [2.75, 3.05) is 19.8 Å². The third-order valence-electron chi connectivity index (χ3n) is 4.77. The summed E-state index contributed by atoms with van der Waals surface area (Å²) in [7, 11) is 0. The Morgan fingerprint density at radius 3 is 1.95 bits per heavy atom. The second kappa shape index (κ2) is 20.0. The van der Waals surface area contributed by atoms with Crippen LogP contribution in [0.2, 0.25) is 0 Å². The Hall–Kier alpha value is -2.92. The Labute approximate surface area is 243 Å². The van der Waals surface area contributed by atoms with E-state index in [0.29, 0.717) is 12.8 Å². The van der Waals surface area contributed by atoms with Crippen LogP contribution in [-0.4, -0.2) is 92.3 Å². The number of esters is 5. The molecule has 1 saturated heterocycles. The minimum atomic E-state index is -1.48. The van der Waals surface area contributed by atoms with Gasteiger partial charge >= 0.3 is 29.8 Å². The third kappa shape index (κ3) is 14.5. The summed E-state index contributed by atoms with van der Waals surface area (Å²) >= 11 is 0. The Morgan fingerprint density at radius 1 is 0.875 bits per heavy atom. The second-order valence-corrected chi connectivity index (χ2v) is 8.06. The van der Waals surface area contributed by atoms with Crippen LogP contribution >= 0.6 is 24.8 Å². The topological polar surface area (TPSA) is 226 Å². The number of nitrogens with one attached hydrogen (secondary N) is 1. The van der Waals surface area contributed by atoms with Gasteiger partial charge in [0, 0.05) is 34.2 Å². The maximum Gasteiger partial charge on any atom is 0.322 e. The Balaban J connectivity index is 0. The number of aliphatic imine (C=N–C) groups is 1. The molecule has 1 aliphatic rings. The van der Waals surface area contributed by atoms with Gasteiger partial charge in [0.15, 0.2) is 18.3 Å². The zero-order chi connectivity index (χ0) is 28.8. The molecule has 6 atom stereocenters. The zero-order valence-corrected chi connectivity index (χ0v) is 24.5. The minimum Gasteiger partial charge on any atom is -0.465 e. The van der Waals surface area contributed by atoms with Crippen LogP contribution in [0.15, 0.2) is 4.99 Å². The number of nitrogens with zero attached hydrogens (tertiary/aromatic N) is 1. The second-order valence-electron chi connectivity index (χ2n) is 8.06. The Kier molecular flexibility index (Phi) is 19.6. The van der Waals surface area contributed by atoms with Gasteiger partial charge in [-0.15, -0.1) is 24.8 Å². The smallest absolute Gasteiger partial charge is 0.322 e. The highest BCUT2D eigenvalue weighted by atomic mass is 35.5. The van der Waals surface area contributed by atoms with Gasteiger partial charge in [0.25, 0.3) is 0 Å². The van der Waals surface area contributed by atoms with Gasteiger partial charge in [-0.2, -0.15) is 0 Å². The minimum absolute atomic E-state index is 0. The summed E-state index contributed by atoms with van der Waals surface area (Å²) in [6.45, 7) is 6.11. The van der Waals surface area contributed by atoms with Crippen LogP contribution in [0.4, 0.5) is 0 Å². The molecule has 1 rings (SSSR count). The van der Waals surface area contributed by atoms with E-state index < -0.39 is 73.2 Å². The molecule has 0 spiro atoms. The lowest BCUT2D eigenvalue weighted by Crippen LogP contribution is -2.63. The molecule has 0 amide bonds. The molecule has 0 aromatic rings. The molecule has 0 unspecified atom stereocenters. The number of halogens is 2. The highest BCUT2D eigenvalue weighted by molar-refractivity contribution is 5.85. The number of carbonyl (C=O) groups excluding carboxylic acids is 5. The van der Waals surface area contributed by atoms with Crippen LogP contribution < -0.4 is 16.9 Å². The third-order valence-corrected chi connectivity index (χ3v) is 4.77. The molecule has 1 heterocycles. The maximum absolute atomic E-state index is 11.8. The summed E-state index contributed by atoms with van der Waals surface area (Å²) in [6.07, 6.45) is -6.12. The average molecular weight is 621 g/mol. The fourth-order valence-electron chi connectivity index (χ4n) is 3.31. The highest BCUT2D eigenvalue weighted by Crippen LogP contribution is 2.29.